The molecule has 4 rings (SSSR count). The van der Waals surface area contributed by atoms with Gasteiger partial charge in [0.2, 0.25) is 0 Å². The van der Waals surface area contributed by atoms with Gasteiger partial charge in [-0.05, 0) is 69.1 Å². The summed E-state index contributed by atoms with van der Waals surface area (Å²) in [6.07, 6.45) is 10.1. The number of amides is 2. The first-order valence-electron chi connectivity index (χ1n) is 8.71. The van der Waals surface area contributed by atoms with E-state index in [1.165, 1.54) is 38.5 Å². The van der Waals surface area contributed by atoms with Crippen LogP contribution in [0.1, 0.15) is 65.2 Å². The highest BCUT2D eigenvalue weighted by atomic mass is 16.2. The molecule has 2 amide bonds. The van der Waals surface area contributed by atoms with Crippen molar-refractivity contribution in [3.63, 3.8) is 0 Å². The van der Waals surface area contributed by atoms with E-state index in [1.54, 1.807) is 0 Å². The molecule has 0 saturated heterocycles. The van der Waals surface area contributed by atoms with Gasteiger partial charge >= 0.3 is 6.03 Å². The zero-order valence-electron chi connectivity index (χ0n) is 13.2. The van der Waals surface area contributed by atoms with Crippen LogP contribution in [0.3, 0.4) is 0 Å². The lowest BCUT2D eigenvalue weighted by Crippen LogP contribution is -2.62. The second-order valence-electron chi connectivity index (χ2n) is 7.62. The van der Waals surface area contributed by atoms with Crippen molar-refractivity contribution in [2.24, 2.45) is 17.8 Å². The highest BCUT2D eigenvalue weighted by Gasteiger charge is 2.51. The number of nitrogens with one attached hydrogen (secondary N) is 1. The van der Waals surface area contributed by atoms with Gasteiger partial charge in [-0.1, -0.05) is 13.8 Å². The summed E-state index contributed by atoms with van der Waals surface area (Å²) in [5.74, 6) is 2.69. The summed E-state index contributed by atoms with van der Waals surface area (Å²) in [7, 11) is 0. The van der Waals surface area contributed by atoms with Gasteiger partial charge in [-0.3, -0.25) is 0 Å². The van der Waals surface area contributed by atoms with Gasteiger partial charge in [0.1, 0.15) is 0 Å². The van der Waals surface area contributed by atoms with Crippen molar-refractivity contribution in [3.8, 4) is 0 Å². The second-order valence-corrected chi connectivity index (χ2v) is 7.62. The Morgan fingerprint density at radius 1 is 1.00 bits per heavy atom. The third-order valence-corrected chi connectivity index (χ3v) is 5.68. The van der Waals surface area contributed by atoms with Crippen LogP contribution in [0, 0.1) is 17.8 Å². The Hall–Kier alpha value is -0.730. The smallest absolute Gasteiger partial charge is 0.317 e. The van der Waals surface area contributed by atoms with Crippen molar-refractivity contribution in [2.45, 2.75) is 70.8 Å². The Morgan fingerprint density at radius 3 is 1.85 bits per heavy atom. The molecule has 0 atom stereocenters. The lowest BCUT2D eigenvalue weighted by molar-refractivity contribution is -0.0156. The van der Waals surface area contributed by atoms with Gasteiger partial charge in [0.25, 0.3) is 0 Å². The van der Waals surface area contributed by atoms with E-state index in [-0.39, 0.29) is 11.6 Å². The Labute approximate surface area is 123 Å². The van der Waals surface area contributed by atoms with Gasteiger partial charge in [-0.25, -0.2) is 4.79 Å². The second kappa shape index (κ2) is 5.57. The lowest BCUT2D eigenvalue weighted by atomic mass is 9.53. The third-order valence-electron chi connectivity index (χ3n) is 5.68. The van der Waals surface area contributed by atoms with E-state index < -0.39 is 0 Å². The monoisotopic (exact) mass is 278 g/mol. The van der Waals surface area contributed by atoms with Crippen LogP contribution in [-0.2, 0) is 0 Å². The molecule has 114 valence electrons. The SMILES string of the molecule is CCCN(CCC)C(=O)NC12CC3CC(CC(C3)C1)C2. The number of carbonyl (C=O) groups excluding carboxylic acids is 1. The maximum absolute atomic E-state index is 12.6. The van der Waals surface area contributed by atoms with Crippen molar-refractivity contribution in [2.75, 3.05) is 13.1 Å². The number of nitrogens with zero attached hydrogens (tertiary/aromatic N) is 1. The lowest BCUT2D eigenvalue weighted by Gasteiger charge is -2.57. The molecular formula is C17H30N2O. The fourth-order valence-corrected chi connectivity index (χ4v) is 5.42. The van der Waals surface area contributed by atoms with Crippen LogP contribution < -0.4 is 5.32 Å². The quantitative estimate of drug-likeness (QED) is 0.815. The molecule has 0 aromatic carbocycles. The van der Waals surface area contributed by atoms with E-state index in [2.05, 4.69) is 19.2 Å². The zero-order chi connectivity index (χ0) is 14.2. The topological polar surface area (TPSA) is 32.3 Å². The Balaban J connectivity index is 1.65. The summed E-state index contributed by atoms with van der Waals surface area (Å²) >= 11 is 0. The summed E-state index contributed by atoms with van der Waals surface area (Å²) in [6.45, 7) is 6.10. The Bertz CT molecular complexity index is 325. The van der Waals surface area contributed by atoms with Gasteiger partial charge in [0, 0.05) is 18.6 Å². The molecule has 0 aromatic heterocycles. The Morgan fingerprint density at radius 2 is 1.45 bits per heavy atom. The first kappa shape index (κ1) is 14.2. The number of hydrogen-bond acceptors (Lipinski definition) is 1. The predicted octanol–water partition coefficient (Wildman–Crippen LogP) is 3.79. The van der Waals surface area contributed by atoms with Crippen molar-refractivity contribution in [3.05, 3.63) is 0 Å². The molecule has 20 heavy (non-hydrogen) atoms. The van der Waals surface area contributed by atoms with Crippen molar-refractivity contribution >= 4 is 6.03 Å². The van der Waals surface area contributed by atoms with E-state index in [1.807, 2.05) is 4.90 Å². The molecule has 4 aliphatic rings. The minimum atomic E-state index is 0.158. The normalized spacial score (nSPS) is 38.0. The van der Waals surface area contributed by atoms with Crippen LogP contribution in [0.4, 0.5) is 4.79 Å². The average molecular weight is 278 g/mol. The largest absolute Gasteiger partial charge is 0.333 e. The third kappa shape index (κ3) is 2.68. The molecule has 0 heterocycles. The summed E-state index contributed by atoms with van der Waals surface area (Å²) < 4.78 is 0. The number of hydrogen-bond donors (Lipinski definition) is 1. The summed E-state index contributed by atoms with van der Waals surface area (Å²) in [5.41, 5.74) is 0.158. The van der Waals surface area contributed by atoms with E-state index in [4.69, 9.17) is 0 Å². The van der Waals surface area contributed by atoms with Crippen molar-refractivity contribution < 1.29 is 4.79 Å². The highest BCUT2D eigenvalue weighted by Crippen LogP contribution is 2.55. The first-order chi connectivity index (χ1) is 9.64. The zero-order valence-corrected chi connectivity index (χ0v) is 13.2. The molecule has 4 saturated carbocycles. The van der Waals surface area contributed by atoms with E-state index >= 15 is 0 Å². The predicted molar refractivity (Wildman–Crippen MR) is 81.6 cm³/mol. The van der Waals surface area contributed by atoms with Gasteiger partial charge in [-0.15, -0.1) is 0 Å². The van der Waals surface area contributed by atoms with Crippen LogP contribution in [0.2, 0.25) is 0 Å². The molecule has 1 N–H and O–H groups in total. The van der Waals surface area contributed by atoms with Crippen LogP contribution in [0.5, 0.6) is 0 Å². The van der Waals surface area contributed by atoms with E-state index in [0.717, 1.165) is 43.7 Å². The molecule has 4 bridgehead atoms. The highest BCUT2D eigenvalue weighted by molar-refractivity contribution is 5.75. The molecule has 3 heteroatoms. The molecule has 0 spiro atoms. The molecule has 4 aliphatic carbocycles. The van der Waals surface area contributed by atoms with Crippen LogP contribution in [0.15, 0.2) is 0 Å². The molecule has 4 fully saturated rings. The molecule has 0 aromatic rings. The minimum absolute atomic E-state index is 0.158. The molecule has 0 aliphatic heterocycles. The average Bonchev–Trinajstić information content (AvgIpc) is 2.36. The van der Waals surface area contributed by atoms with E-state index in [9.17, 15) is 4.79 Å². The first-order valence-corrected chi connectivity index (χ1v) is 8.71. The molecular weight excluding hydrogens is 248 g/mol. The van der Waals surface area contributed by atoms with E-state index in [0.29, 0.717) is 0 Å². The fraction of sp³-hybridized carbons (Fsp3) is 0.941. The number of rotatable bonds is 5. The van der Waals surface area contributed by atoms with Crippen molar-refractivity contribution in [1.29, 1.82) is 0 Å². The molecule has 0 unspecified atom stereocenters. The fourth-order valence-electron chi connectivity index (χ4n) is 5.42. The molecule has 0 radical (unpaired) electrons. The van der Waals surface area contributed by atoms with Gasteiger partial charge in [0.05, 0.1) is 0 Å². The van der Waals surface area contributed by atoms with Crippen LogP contribution in [0.25, 0.3) is 0 Å². The molecule has 3 nitrogen and oxygen atoms in total. The summed E-state index contributed by atoms with van der Waals surface area (Å²) in [5, 5.41) is 3.48. The summed E-state index contributed by atoms with van der Waals surface area (Å²) in [4.78, 5) is 14.6. The van der Waals surface area contributed by atoms with Gasteiger partial charge in [-0.2, -0.15) is 0 Å². The number of urea groups is 1. The van der Waals surface area contributed by atoms with Gasteiger partial charge < -0.3 is 10.2 Å². The van der Waals surface area contributed by atoms with Gasteiger partial charge in [0.15, 0.2) is 0 Å². The van der Waals surface area contributed by atoms with Crippen molar-refractivity contribution in [1.82, 2.24) is 10.2 Å². The minimum Gasteiger partial charge on any atom is -0.333 e. The van der Waals surface area contributed by atoms with Crippen LogP contribution in [-0.4, -0.2) is 29.6 Å². The summed E-state index contributed by atoms with van der Waals surface area (Å²) in [6, 6.07) is 0.204. The Kier molecular flexibility index (Phi) is 3.96. The van der Waals surface area contributed by atoms with Crippen LogP contribution >= 0.6 is 0 Å². The maximum Gasteiger partial charge on any atom is 0.317 e. The number of carbonyl (C=O) groups is 1. The standard InChI is InChI=1S/C17H30N2O/c1-3-5-19(6-4-2)16(20)18-17-10-13-7-14(11-17)9-15(8-13)12-17/h13-15H,3-12H2,1-2H3,(H,18,20). The maximum atomic E-state index is 12.6.